The Labute approximate surface area is 164 Å². The molecule has 2 aromatic carbocycles. The van der Waals surface area contributed by atoms with E-state index in [4.69, 9.17) is 21.1 Å². The second-order valence-corrected chi connectivity index (χ2v) is 6.99. The van der Waals surface area contributed by atoms with Crippen molar-refractivity contribution in [2.45, 2.75) is 32.0 Å². The van der Waals surface area contributed by atoms with Crippen molar-refractivity contribution in [1.82, 2.24) is 5.32 Å². The first-order valence-corrected chi connectivity index (χ1v) is 9.55. The summed E-state index contributed by atoms with van der Waals surface area (Å²) < 4.78 is 11.1. The molecule has 27 heavy (non-hydrogen) atoms. The van der Waals surface area contributed by atoms with Crippen LogP contribution >= 0.6 is 11.6 Å². The molecule has 0 fully saturated rings. The van der Waals surface area contributed by atoms with E-state index in [0.29, 0.717) is 30.3 Å². The lowest BCUT2D eigenvalue weighted by molar-refractivity contribution is 0.0526. The Balaban J connectivity index is 1.50. The molecular formula is C21H24ClNO4. The van der Waals surface area contributed by atoms with Crippen molar-refractivity contribution in [3.8, 4) is 5.75 Å². The summed E-state index contributed by atoms with van der Waals surface area (Å²) in [4.78, 5) is 11.8. The van der Waals surface area contributed by atoms with E-state index < -0.39 is 6.10 Å². The number of carbonyl (C=O) groups is 1. The maximum atomic E-state index is 11.8. The van der Waals surface area contributed by atoms with E-state index in [-0.39, 0.29) is 12.1 Å². The smallest absolute Gasteiger partial charge is 0.338 e. The number of nitrogens with one attached hydrogen (secondary N) is 1. The molecule has 0 aliphatic carbocycles. The summed E-state index contributed by atoms with van der Waals surface area (Å²) >= 11 is 5.96. The summed E-state index contributed by atoms with van der Waals surface area (Å²) in [5.74, 6) is 0.496. The molecule has 0 bridgehead atoms. The zero-order valence-electron chi connectivity index (χ0n) is 15.3. The third-order valence-electron chi connectivity index (χ3n) is 4.54. The Morgan fingerprint density at radius 1 is 1.37 bits per heavy atom. The standard InChI is InChI=1S/C21H24ClNO4/c1-2-26-21(25)16-7-9-20-15(10-16)6-8-18(27-20)12-23-13-19(24)14-4-3-5-17(22)11-14/h3-5,7,9-11,18-19,23-24H,2,6,8,12-13H2,1H3. The highest BCUT2D eigenvalue weighted by molar-refractivity contribution is 6.30. The first-order chi connectivity index (χ1) is 13.1. The van der Waals surface area contributed by atoms with E-state index in [9.17, 15) is 9.90 Å². The average Bonchev–Trinajstić information content (AvgIpc) is 2.67. The lowest BCUT2D eigenvalue weighted by Gasteiger charge is -2.27. The zero-order valence-corrected chi connectivity index (χ0v) is 16.0. The maximum Gasteiger partial charge on any atom is 0.338 e. The van der Waals surface area contributed by atoms with Crippen molar-refractivity contribution < 1.29 is 19.4 Å². The molecule has 1 aliphatic rings. The fourth-order valence-electron chi connectivity index (χ4n) is 3.14. The van der Waals surface area contributed by atoms with Gasteiger partial charge in [-0.1, -0.05) is 23.7 Å². The van der Waals surface area contributed by atoms with Gasteiger partial charge >= 0.3 is 5.97 Å². The van der Waals surface area contributed by atoms with E-state index in [1.807, 2.05) is 24.3 Å². The Morgan fingerprint density at radius 3 is 3.00 bits per heavy atom. The Hall–Kier alpha value is -2.08. The molecule has 0 spiro atoms. The second kappa shape index (κ2) is 9.22. The van der Waals surface area contributed by atoms with Gasteiger partial charge in [0.2, 0.25) is 0 Å². The average molecular weight is 390 g/mol. The number of rotatable bonds is 7. The van der Waals surface area contributed by atoms with E-state index in [0.717, 1.165) is 29.7 Å². The molecule has 5 nitrogen and oxygen atoms in total. The van der Waals surface area contributed by atoms with Gasteiger partial charge in [-0.05, 0) is 61.2 Å². The first kappa shape index (κ1) is 19.7. The highest BCUT2D eigenvalue weighted by Crippen LogP contribution is 2.28. The highest BCUT2D eigenvalue weighted by Gasteiger charge is 2.21. The number of carbonyl (C=O) groups excluding carboxylic acids is 1. The van der Waals surface area contributed by atoms with Crippen LogP contribution in [-0.2, 0) is 11.2 Å². The number of ether oxygens (including phenoxy) is 2. The summed E-state index contributed by atoms with van der Waals surface area (Å²) in [6.07, 6.45) is 1.09. The van der Waals surface area contributed by atoms with Crippen LogP contribution in [0.5, 0.6) is 5.75 Å². The second-order valence-electron chi connectivity index (χ2n) is 6.55. The number of fused-ring (bicyclic) bond motifs is 1. The summed E-state index contributed by atoms with van der Waals surface area (Å²) in [6.45, 7) is 3.22. The van der Waals surface area contributed by atoms with Gasteiger partial charge in [-0.15, -0.1) is 0 Å². The number of hydrogen-bond donors (Lipinski definition) is 2. The van der Waals surface area contributed by atoms with Crippen LogP contribution in [0.25, 0.3) is 0 Å². The summed E-state index contributed by atoms with van der Waals surface area (Å²) in [5, 5.41) is 14.1. The maximum absolute atomic E-state index is 11.8. The normalized spacial score (nSPS) is 16.9. The van der Waals surface area contributed by atoms with Crippen molar-refractivity contribution in [3.05, 3.63) is 64.2 Å². The van der Waals surface area contributed by atoms with Gasteiger partial charge in [-0.3, -0.25) is 0 Å². The number of halogens is 1. The Morgan fingerprint density at radius 2 is 2.22 bits per heavy atom. The molecule has 2 aromatic rings. The molecule has 6 heteroatoms. The highest BCUT2D eigenvalue weighted by atomic mass is 35.5. The predicted octanol–water partition coefficient (Wildman–Crippen LogP) is 3.53. The number of aliphatic hydroxyl groups excluding tert-OH is 1. The summed E-state index contributed by atoms with van der Waals surface area (Å²) in [7, 11) is 0. The molecule has 3 rings (SSSR count). The van der Waals surface area contributed by atoms with Gasteiger partial charge < -0.3 is 19.9 Å². The number of hydrogen-bond acceptors (Lipinski definition) is 5. The molecule has 0 saturated carbocycles. The Bertz CT molecular complexity index is 796. The van der Waals surface area contributed by atoms with Gasteiger partial charge in [0, 0.05) is 18.1 Å². The number of aryl methyl sites for hydroxylation is 1. The molecule has 2 N–H and O–H groups in total. The molecule has 0 radical (unpaired) electrons. The van der Waals surface area contributed by atoms with E-state index in [2.05, 4.69) is 5.32 Å². The largest absolute Gasteiger partial charge is 0.489 e. The topological polar surface area (TPSA) is 67.8 Å². The molecule has 2 atom stereocenters. The fraction of sp³-hybridized carbons (Fsp3) is 0.381. The lowest BCUT2D eigenvalue weighted by atomic mass is 10.00. The molecule has 1 aliphatic heterocycles. The van der Waals surface area contributed by atoms with Crippen molar-refractivity contribution in [1.29, 1.82) is 0 Å². The number of aliphatic hydroxyl groups is 1. The third-order valence-corrected chi connectivity index (χ3v) is 4.78. The van der Waals surface area contributed by atoms with Crippen LogP contribution in [0, 0.1) is 0 Å². The minimum Gasteiger partial charge on any atom is -0.489 e. The van der Waals surface area contributed by atoms with Crippen LogP contribution in [0.1, 0.15) is 40.9 Å². The van der Waals surface area contributed by atoms with Crippen LogP contribution in [-0.4, -0.2) is 36.9 Å². The van der Waals surface area contributed by atoms with E-state index >= 15 is 0 Å². The van der Waals surface area contributed by atoms with E-state index in [1.54, 1.807) is 25.1 Å². The zero-order chi connectivity index (χ0) is 19.2. The minimum atomic E-state index is -0.619. The predicted molar refractivity (Wildman–Crippen MR) is 104 cm³/mol. The molecule has 144 valence electrons. The first-order valence-electron chi connectivity index (χ1n) is 9.17. The molecule has 0 saturated heterocycles. The van der Waals surface area contributed by atoms with Crippen LogP contribution in [0.4, 0.5) is 0 Å². The third kappa shape index (κ3) is 5.22. The quantitative estimate of drug-likeness (QED) is 0.709. The van der Waals surface area contributed by atoms with Crippen LogP contribution in [0.2, 0.25) is 5.02 Å². The number of esters is 1. The summed E-state index contributed by atoms with van der Waals surface area (Å²) in [6, 6.07) is 12.6. The van der Waals surface area contributed by atoms with Crippen molar-refractivity contribution in [2.75, 3.05) is 19.7 Å². The van der Waals surface area contributed by atoms with Gasteiger partial charge in [0.1, 0.15) is 11.9 Å². The van der Waals surface area contributed by atoms with Crippen LogP contribution in [0.3, 0.4) is 0 Å². The fourth-order valence-corrected chi connectivity index (χ4v) is 3.34. The van der Waals surface area contributed by atoms with Gasteiger partial charge in [-0.25, -0.2) is 4.79 Å². The van der Waals surface area contributed by atoms with Gasteiger partial charge in [0.15, 0.2) is 0 Å². The van der Waals surface area contributed by atoms with Crippen LogP contribution < -0.4 is 10.1 Å². The van der Waals surface area contributed by atoms with E-state index in [1.165, 1.54) is 0 Å². The SMILES string of the molecule is CCOC(=O)c1ccc2c(c1)CCC(CNCC(O)c1cccc(Cl)c1)O2. The molecule has 0 aromatic heterocycles. The van der Waals surface area contributed by atoms with Crippen molar-refractivity contribution in [2.24, 2.45) is 0 Å². The lowest BCUT2D eigenvalue weighted by Crippen LogP contribution is -2.36. The van der Waals surface area contributed by atoms with Crippen LogP contribution in [0.15, 0.2) is 42.5 Å². The minimum absolute atomic E-state index is 0.0255. The monoisotopic (exact) mass is 389 g/mol. The molecule has 0 amide bonds. The Kier molecular flexibility index (Phi) is 6.72. The summed E-state index contributed by atoms with van der Waals surface area (Å²) in [5.41, 5.74) is 2.37. The van der Waals surface area contributed by atoms with Crippen molar-refractivity contribution in [3.63, 3.8) is 0 Å². The number of benzene rings is 2. The van der Waals surface area contributed by atoms with Crippen molar-refractivity contribution >= 4 is 17.6 Å². The molecular weight excluding hydrogens is 366 g/mol. The molecule has 1 heterocycles. The molecule has 2 unspecified atom stereocenters. The van der Waals surface area contributed by atoms with Gasteiger partial charge in [-0.2, -0.15) is 0 Å². The van der Waals surface area contributed by atoms with Gasteiger partial charge in [0.05, 0.1) is 18.3 Å². The van der Waals surface area contributed by atoms with Gasteiger partial charge in [0.25, 0.3) is 0 Å².